The fourth-order valence-corrected chi connectivity index (χ4v) is 6.56. The number of carbonyl (C=O) groups is 1. The van der Waals surface area contributed by atoms with Crippen LogP contribution < -0.4 is 10.2 Å². The molecule has 4 N–H and O–H groups in total. The maximum atomic E-state index is 12.9. The van der Waals surface area contributed by atoms with Gasteiger partial charge in [0.1, 0.15) is 13.2 Å². The van der Waals surface area contributed by atoms with Gasteiger partial charge in [-0.25, -0.2) is 0 Å². The van der Waals surface area contributed by atoms with Gasteiger partial charge < -0.3 is 39.1 Å². The van der Waals surface area contributed by atoms with E-state index in [0.717, 1.165) is 38.5 Å². The Labute approximate surface area is 336 Å². The summed E-state index contributed by atoms with van der Waals surface area (Å²) in [6.07, 6.45) is 36.0. The van der Waals surface area contributed by atoms with Crippen molar-refractivity contribution in [3.8, 4) is 0 Å². The van der Waals surface area contributed by atoms with Crippen LogP contribution in [0.5, 0.6) is 0 Å². The highest BCUT2D eigenvalue weighted by Gasteiger charge is 2.23. The first kappa shape index (κ1) is 53.4. The predicted molar refractivity (Wildman–Crippen MR) is 226 cm³/mol. The highest BCUT2D eigenvalue weighted by Crippen LogP contribution is 2.38. The van der Waals surface area contributed by atoms with Gasteiger partial charge in [-0.1, -0.05) is 146 Å². The topological polar surface area (TPSA) is 148 Å². The number of aliphatic hydroxyl groups excluding tert-OH is 3. The second kappa shape index (κ2) is 35.5. The number of likely N-dealkylation sites (N-methyl/N-ethyl adjacent to an activating group) is 1. The van der Waals surface area contributed by atoms with Crippen molar-refractivity contribution in [2.24, 2.45) is 0 Å². The van der Waals surface area contributed by atoms with E-state index in [1.807, 2.05) is 39.4 Å². The van der Waals surface area contributed by atoms with E-state index in [9.17, 15) is 29.6 Å². The van der Waals surface area contributed by atoms with E-state index in [0.29, 0.717) is 23.9 Å². The van der Waals surface area contributed by atoms with Crippen molar-refractivity contribution in [3.63, 3.8) is 0 Å². The van der Waals surface area contributed by atoms with Crippen molar-refractivity contribution in [1.82, 2.24) is 5.32 Å². The zero-order chi connectivity index (χ0) is 41.0. The van der Waals surface area contributed by atoms with Gasteiger partial charge in [0.05, 0.1) is 52.1 Å². The molecule has 0 spiro atoms. The largest absolute Gasteiger partial charge is 0.756 e. The molecule has 0 rings (SSSR count). The zero-order valence-corrected chi connectivity index (χ0v) is 36.5. The molecule has 11 heteroatoms. The molecule has 0 aliphatic carbocycles. The van der Waals surface area contributed by atoms with E-state index in [4.69, 9.17) is 9.05 Å². The molecular weight excluding hydrogens is 715 g/mol. The number of amides is 1. The second-order valence-electron chi connectivity index (χ2n) is 16.0. The van der Waals surface area contributed by atoms with E-state index in [1.165, 1.54) is 83.5 Å². The van der Waals surface area contributed by atoms with Crippen LogP contribution >= 0.6 is 7.82 Å². The minimum Gasteiger partial charge on any atom is -0.756 e. The molecule has 0 aromatic rings. The molecule has 0 heterocycles. The lowest BCUT2D eigenvalue weighted by atomic mass is 10.0. The maximum Gasteiger partial charge on any atom is 0.268 e. The van der Waals surface area contributed by atoms with Gasteiger partial charge in [-0.05, 0) is 57.8 Å². The molecule has 0 aromatic carbocycles. The fraction of sp³-hybridized carbons (Fsp3) is 0.795. The number of rotatable bonds is 38. The minimum atomic E-state index is -4.67. The summed E-state index contributed by atoms with van der Waals surface area (Å²) in [4.78, 5) is 25.3. The Hall–Kier alpha value is -1.62. The van der Waals surface area contributed by atoms with Gasteiger partial charge in [-0.2, -0.15) is 0 Å². The van der Waals surface area contributed by atoms with Crippen LogP contribution in [0, 0.1) is 0 Å². The molecular formula is C44H83N2O8P. The van der Waals surface area contributed by atoms with E-state index in [-0.39, 0.29) is 19.4 Å². The first-order valence-corrected chi connectivity index (χ1v) is 23.1. The van der Waals surface area contributed by atoms with Crippen molar-refractivity contribution >= 4 is 13.7 Å². The monoisotopic (exact) mass is 799 g/mol. The number of hydrogen-bond acceptors (Lipinski definition) is 8. The highest BCUT2D eigenvalue weighted by atomic mass is 31.2. The molecule has 10 nitrogen and oxygen atoms in total. The number of unbranched alkanes of at least 4 members (excludes halogenated alkanes) is 15. The van der Waals surface area contributed by atoms with Crippen LogP contribution in [0.4, 0.5) is 0 Å². The van der Waals surface area contributed by atoms with Crippen LogP contribution in [0.15, 0.2) is 48.6 Å². The smallest absolute Gasteiger partial charge is 0.268 e. The Bertz CT molecular complexity index is 1070. The Morgan fingerprint density at radius 1 is 0.691 bits per heavy atom. The summed E-state index contributed by atoms with van der Waals surface area (Å²) >= 11 is 0. The summed E-state index contributed by atoms with van der Waals surface area (Å²) < 4.78 is 23.1. The molecule has 0 radical (unpaired) electrons. The molecule has 0 saturated heterocycles. The quantitative estimate of drug-likeness (QED) is 0.0209. The third-order valence-electron chi connectivity index (χ3n) is 9.48. The molecule has 0 bridgehead atoms. The number of aliphatic hydroxyl groups is 3. The molecule has 1 amide bonds. The standard InChI is InChI=1S/C44H83N2O8P/c1-6-8-10-12-14-16-18-20-21-23-24-26-28-30-33-41(47)40(39-54-55(51,52)53-38-37-46(3,4)5)45-44(50)36-32-35-43(49)42(48)34-31-29-27-25-22-19-17-15-13-11-9-7-2/h15,17,22,25,29-31,33,40-43,47-49H,6-14,16,18-21,23-24,26-28,32,34-39H2,1-5H3,(H-,45,50,51,52)/b17-15-,25-22-,31-29-,33-30+/t40-,41+,42?,43?/m0/s1. The average molecular weight is 799 g/mol. The zero-order valence-electron chi connectivity index (χ0n) is 35.6. The summed E-state index contributed by atoms with van der Waals surface area (Å²) in [5.74, 6) is -0.419. The van der Waals surface area contributed by atoms with Crippen LogP contribution in [0.2, 0.25) is 0 Å². The number of phosphoric ester groups is 1. The fourth-order valence-electron chi connectivity index (χ4n) is 5.84. The normalized spacial score (nSPS) is 16.0. The first-order chi connectivity index (χ1) is 26.3. The van der Waals surface area contributed by atoms with Gasteiger partial charge in [-0.3, -0.25) is 9.36 Å². The third-order valence-corrected chi connectivity index (χ3v) is 10.4. The molecule has 5 atom stereocenters. The molecule has 55 heavy (non-hydrogen) atoms. The Balaban J connectivity index is 4.73. The number of quaternary nitrogens is 1. The van der Waals surface area contributed by atoms with Crippen molar-refractivity contribution in [1.29, 1.82) is 0 Å². The predicted octanol–water partition coefficient (Wildman–Crippen LogP) is 9.00. The van der Waals surface area contributed by atoms with Crippen molar-refractivity contribution in [2.75, 3.05) is 40.9 Å². The van der Waals surface area contributed by atoms with Crippen molar-refractivity contribution in [2.45, 2.75) is 186 Å². The van der Waals surface area contributed by atoms with Gasteiger partial charge in [0, 0.05) is 6.42 Å². The Morgan fingerprint density at radius 3 is 1.80 bits per heavy atom. The number of phosphoric acid groups is 1. The number of hydrogen-bond donors (Lipinski definition) is 4. The molecule has 0 aliphatic heterocycles. The third kappa shape index (κ3) is 36.5. The number of allylic oxidation sites excluding steroid dienone is 6. The lowest BCUT2D eigenvalue weighted by Gasteiger charge is -2.29. The highest BCUT2D eigenvalue weighted by molar-refractivity contribution is 7.45. The van der Waals surface area contributed by atoms with E-state index in [1.54, 1.807) is 6.08 Å². The molecule has 3 unspecified atom stereocenters. The lowest BCUT2D eigenvalue weighted by molar-refractivity contribution is -0.870. The Kier molecular flexibility index (Phi) is 34.5. The van der Waals surface area contributed by atoms with E-state index >= 15 is 0 Å². The maximum absolute atomic E-state index is 12.9. The summed E-state index contributed by atoms with van der Waals surface area (Å²) in [6, 6.07) is -1.02. The van der Waals surface area contributed by atoms with Crippen LogP contribution in [0.1, 0.15) is 162 Å². The van der Waals surface area contributed by atoms with Crippen molar-refractivity contribution in [3.05, 3.63) is 48.6 Å². The van der Waals surface area contributed by atoms with Crippen LogP contribution in [-0.2, 0) is 18.4 Å². The average Bonchev–Trinajstić information content (AvgIpc) is 3.13. The molecule has 0 aromatic heterocycles. The van der Waals surface area contributed by atoms with Crippen LogP contribution in [0.3, 0.4) is 0 Å². The first-order valence-electron chi connectivity index (χ1n) is 21.7. The molecule has 0 saturated carbocycles. The summed E-state index contributed by atoms with van der Waals surface area (Å²) in [5.41, 5.74) is 0. The van der Waals surface area contributed by atoms with Gasteiger partial charge in [-0.15, -0.1) is 0 Å². The summed E-state index contributed by atoms with van der Waals surface area (Å²) in [7, 11) is 1.08. The summed E-state index contributed by atoms with van der Waals surface area (Å²) in [6.45, 7) is 4.36. The van der Waals surface area contributed by atoms with Gasteiger partial charge >= 0.3 is 0 Å². The Morgan fingerprint density at radius 2 is 1.20 bits per heavy atom. The minimum absolute atomic E-state index is 0.0261. The summed E-state index contributed by atoms with van der Waals surface area (Å²) in [5, 5.41) is 34.4. The van der Waals surface area contributed by atoms with E-state index < -0.39 is 44.7 Å². The van der Waals surface area contributed by atoms with E-state index in [2.05, 4.69) is 43.5 Å². The lowest BCUT2D eigenvalue weighted by Crippen LogP contribution is -2.46. The van der Waals surface area contributed by atoms with Crippen LogP contribution in [0.25, 0.3) is 0 Å². The van der Waals surface area contributed by atoms with Gasteiger partial charge in [0.2, 0.25) is 5.91 Å². The van der Waals surface area contributed by atoms with Gasteiger partial charge in [0.15, 0.2) is 0 Å². The number of nitrogens with one attached hydrogen (secondary N) is 1. The van der Waals surface area contributed by atoms with Crippen molar-refractivity contribution < 1.29 is 43.1 Å². The van der Waals surface area contributed by atoms with Gasteiger partial charge in [0.25, 0.3) is 7.82 Å². The number of nitrogens with zero attached hydrogens (tertiary/aromatic N) is 1. The van der Waals surface area contributed by atoms with Crippen LogP contribution in [-0.4, -0.2) is 91.0 Å². The molecule has 0 fully saturated rings. The molecule has 322 valence electrons. The molecule has 0 aliphatic rings. The second-order valence-corrected chi connectivity index (χ2v) is 17.4. The SMILES string of the molecule is CCCCC/C=C\C/C=C\C/C=C\CC(O)C(O)CCCC(=O)N[C@@H](COP(=O)([O-])OCC[N+](C)(C)C)[C@H](O)/C=C/CCCCCCCCCCCCCC. The number of carbonyl (C=O) groups excluding carboxylic acids is 1.